The van der Waals surface area contributed by atoms with Crippen LogP contribution >= 0.6 is 11.8 Å². The summed E-state index contributed by atoms with van der Waals surface area (Å²) in [5.41, 5.74) is 0.381. The van der Waals surface area contributed by atoms with Gasteiger partial charge in [0.1, 0.15) is 0 Å². The number of nitrogens with one attached hydrogen (secondary N) is 1. The minimum absolute atomic E-state index is 0.102. The highest BCUT2D eigenvalue weighted by atomic mass is 32.2. The van der Waals surface area contributed by atoms with Crippen LogP contribution in [0.15, 0.2) is 11.1 Å². The third-order valence-electron chi connectivity index (χ3n) is 2.53. The van der Waals surface area contributed by atoms with E-state index >= 15 is 0 Å². The summed E-state index contributed by atoms with van der Waals surface area (Å²) in [6, 6.07) is 0. The quantitative estimate of drug-likeness (QED) is 0.517. The molecule has 0 saturated carbocycles. The molecule has 0 aliphatic heterocycles. The number of hydrogen-bond donors (Lipinski definition) is 2. The molecule has 2 N–H and O–H groups in total. The van der Waals surface area contributed by atoms with Crippen LogP contribution in [0.1, 0.15) is 33.1 Å². The van der Waals surface area contributed by atoms with Crippen molar-refractivity contribution in [3.05, 3.63) is 11.1 Å². The number of carboxylic acids is 1. The number of hydrogen-bond acceptors (Lipinski definition) is 3. The topological polar surface area (TPSA) is 66.4 Å². The zero-order valence-electron chi connectivity index (χ0n) is 10.7. The van der Waals surface area contributed by atoms with E-state index < -0.39 is 5.97 Å². The summed E-state index contributed by atoms with van der Waals surface area (Å²) in [5, 5.41) is 11.5. The van der Waals surface area contributed by atoms with E-state index in [4.69, 9.17) is 5.11 Å². The lowest BCUT2D eigenvalue weighted by atomic mass is 10.1. The van der Waals surface area contributed by atoms with Crippen LogP contribution in [0.4, 0.5) is 0 Å². The number of rotatable bonds is 8. The van der Waals surface area contributed by atoms with E-state index in [1.54, 1.807) is 0 Å². The molecule has 0 aromatic heterocycles. The summed E-state index contributed by atoms with van der Waals surface area (Å²) in [6.07, 6.45) is 5.25. The van der Waals surface area contributed by atoms with Gasteiger partial charge >= 0.3 is 5.97 Å². The van der Waals surface area contributed by atoms with Crippen molar-refractivity contribution in [3.63, 3.8) is 0 Å². The fourth-order valence-electron chi connectivity index (χ4n) is 1.21. The maximum absolute atomic E-state index is 11.5. The van der Waals surface area contributed by atoms with Gasteiger partial charge in [0, 0.05) is 17.7 Å². The van der Waals surface area contributed by atoms with Crippen LogP contribution in [0.3, 0.4) is 0 Å². The van der Waals surface area contributed by atoms with E-state index in [9.17, 15) is 9.59 Å². The van der Waals surface area contributed by atoms with E-state index in [1.165, 1.54) is 13.8 Å². The molecular formula is C12H21NO3S. The average molecular weight is 259 g/mol. The monoisotopic (exact) mass is 259 g/mol. The van der Waals surface area contributed by atoms with Gasteiger partial charge in [-0.3, -0.25) is 4.79 Å². The van der Waals surface area contributed by atoms with Crippen LogP contribution in [-0.2, 0) is 9.59 Å². The summed E-state index contributed by atoms with van der Waals surface area (Å²) in [6.45, 7) is 3.58. The molecule has 0 fully saturated rings. The summed E-state index contributed by atoms with van der Waals surface area (Å²) in [4.78, 5) is 22.2. The molecule has 0 rings (SSSR count). The Morgan fingerprint density at radius 3 is 2.29 bits per heavy atom. The second kappa shape index (κ2) is 9.10. The predicted octanol–water partition coefficient (Wildman–Crippen LogP) is 2.06. The molecule has 0 aromatic carbocycles. The highest BCUT2D eigenvalue weighted by molar-refractivity contribution is 7.98. The molecule has 0 aliphatic rings. The van der Waals surface area contributed by atoms with Crippen LogP contribution in [0.2, 0.25) is 0 Å². The maximum Gasteiger partial charge on any atom is 0.331 e. The molecule has 0 heterocycles. The first-order valence-electron chi connectivity index (χ1n) is 5.68. The highest BCUT2D eigenvalue weighted by Gasteiger charge is 2.11. The fraction of sp³-hybridized carbons (Fsp3) is 0.667. The number of thioether (sulfide) groups is 1. The Hall–Kier alpha value is -0.970. The van der Waals surface area contributed by atoms with Crippen molar-refractivity contribution < 1.29 is 14.7 Å². The first-order chi connectivity index (χ1) is 8.00. The first kappa shape index (κ1) is 16.0. The average Bonchev–Trinajstić information content (AvgIpc) is 2.31. The van der Waals surface area contributed by atoms with Crippen molar-refractivity contribution in [3.8, 4) is 0 Å². The number of carbonyl (C=O) groups excluding carboxylic acids is 1. The van der Waals surface area contributed by atoms with Crippen molar-refractivity contribution in [2.45, 2.75) is 33.1 Å². The van der Waals surface area contributed by atoms with Crippen LogP contribution in [0, 0.1) is 0 Å². The van der Waals surface area contributed by atoms with Crippen LogP contribution in [0.5, 0.6) is 0 Å². The van der Waals surface area contributed by atoms with Gasteiger partial charge in [-0.25, -0.2) is 4.79 Å². The molecule has 0 radical (unpaired) electrons. The Morgan fingerprint density at radius 2 is 1.76 bits per heavy atom. The minimum atomic E-state index is -1.04. The van der Waals surface area contributed by atoms with E-state index in [0.717, 1.165) is 25.0 Å². The zero-order valence-corrected chi connectivity index (χ0v) is 11.5. The van der Waals surface area contributed by atoms with Gasteiger partial charge in [0.2, 0.25) is 5.91 Å². The maximum atomic E-state index is 11.5. The van der Waals surface area contributed by atoms with Crippen molar-refractivity contribution >= 4 is 23.6 Å². The van der Waals surface area contributed by atoms with E-state index in [0.29, 0.717) is 6.54 Å². The van der Waals surface area contributed by atoms with Gasteiger partial charge in [-0.15, -0.1) is 0 Å². The lowest BCUT2D eigenvalue weighted by molar-refractivity contribution is -0.133. The summed E-state index contributed by atoms with van der Waals surface area (Å²) >= 11 is 1.82. The normalized spacial score (nSPS) is 11.9. The van der Waals surface area contributed by atoms with Gasteiger partial charge in [-0.1, -0.05) is 6.42 Å². The smallest absolute Gasteiger partial charge is 0.331 e. The van der Waals surface area contributed by atoms with Crippen LogP contribution in [0.25, 0.3) is 0 Å². The SMILES string of the molecule is CSCCCCCNC(=O)C(C)=C(C)C(=O)O. The molecule has 0 unspecified atom stereocenters. The third kappa shape index (κ3) is 7.05. The lowest BCUT2D eigenvalue weighted by Crippen LogP contribution is -2.26. The van der Waals surface area contributed by atoms with Crippen molar-refractivity contribution in [1.29, 1.82) is 0 Å². The zero-order chi connectivity index (χ0) is 13.3. The number of carboxylic acid groups (broad SMARTS) is 1. The van der Waals surface area contributed by atoms with Crippen molar-refractivity contribution in [2.24, 2.45) is 0 Å². The lowest BCUT2D eigenvalue weighted by Gasteiger charge is -2.06. The molecular weight excluding hydrogens is 238 g/mol. The Labute approximate surface area is 107 Å². The third-order valence-corrected chi connectivity index (χ3v) is 3.23. The molecule has 0 bridgehead atoms. The Balaban J connectivity index is 3.87. The number of amides is 1. The van der Waals surface area contributed by atoms with E-state index in [1.807, 2.05) is 11.8 Å². The van der Waals surface area contributed by atoms with Crippen LogP contribution in [-0.4, -0.2) is 35.5 Å². The molecule has 4 nitrogen and oxygen atoms in total. The molecule has 0 spiro atoms. The molecule has 98 valence electrons. The molecule has 5 heteroatoms. The van der Waals surface area contributed by atoms with Gasteiger partial charge in [0.05, 0.1) is 0 Å². The highest BCUT2D eigenvalue weighted by Crippen LogP contribution is 2.04. The first-order valence-corrected chi connectivity index (χ1v) is 7.08. The number of aliphatic carboxylic acids is 1. The van der Waals surface area contributed by atoms with Gasteiger partial charge in [0.25, 0.3) is 0 Å². The van der Waals surface area contributed by atoms with Gasteiger partial charge in [-0.05, 0) is 38.7 Å². The van der Waals surface area contributed by atoms with E-state index in [2.05, 4.69) is 11.6 Å². The fourth-order valence-corrected chi connectivity index (χ4v) is 1.71. The summed E-state index contributed by atoms with van der Waals surface area (Å²) in [7, 11) is 0. The summed E-state index contributed by atoms with van der Waals surface area (Å²) < 4.78 is 0. The Kier molecular flexibility index (Phi) is 8.58. The van der Waals surface area contributed by atoms with Crippen molar-refractivity contribution in [1.82, 2.24) is 5.32 Å². The van der Waals surface area contributed by atoms with Crippen molar-refractivity contribution in [2.75, 3.05) is 18.6 Å². The predicted molar refractivity (Wildman–Crippen MR) is 71.3 cm³/mol. The second-order valence-corrected chi connectivity index (χ2v) is 4.85. The Morgan fingerprint density at radius 1 is 1.12 bits per heavy atom. The standard InChI is InChI=1S/C12H21NO3S/c1-9(10(2)12(15)16)11(14)13-7-5-4-6-8-17-3/h4-8H2,1-3H3,(H,13,14)(H,15,16). The molecule has 0 aliphatic carbocycles. The summed E-state index contributed by atoms with van der Waals surface area (Å²) in [5.74, 6) is -0.183. The Bertz CT molecular complexity index is 300. The molecule has 1 amide bonds. The second-order valence-electron chi connectivity index (χ2n) is 3.86. The molecule has 0 atom stereocenters. The van der Waals surface area contributed by atoms with E-state index in [-0.39, 0.29) is 17.1 Å². The minimum Gasteiger partial charge on any atom is -0.478 e. The van der Waals surface area contributed by atoms with Gasteiger partial charge in [0.15, 0.2) is 0 Å². The molecule has 0 aromatic rings. The largest absolute Gasteiger partial charge is 0.478 e. The number of carbonyl (C=O) groups is 2. The molecule has 17 heavy (non-hydrogen) atoms. The van der Waals surface area contributed by atoms with Crippen LogP contribution < -0.4 is 5.32 Å². The van der Waals surface area contributed by atoms with Gasteiger partial charge < -0.3 is 10.4 Å². The van der Waals surface area contributed by atoms with Gasteiger partial charge in [-0.2, -0.15) is 11.8 Å². The number of unbranched alkanes of at least 4 members (excludes halogenated alkanes) is 2. The molecule has 0 saturated heterocycles.